The molecule has 0 radical (unpaired) electrons. The fourth-order valence-electron chi connectivity index (χ4n) is 2.74. The third-order valence-corrected chi connectivity index (χ3v) is 3.97. The minimum Gasteiger partial charge on any atom is -0.382 e. The van der Waals surface area contributed by atoms with Crippen LogP contribution in [-0.2, 0) is 9.47 Å². The number of rotatable bonds is 11. The van der Waals surface area contributed by atoms with Crippen molar-refractivity contribution in [2.24, 2.45) is 10.9 Å². The van der Waals surface area contributed by atoms with Crippen molar-refractivity contribution < 1.29 is 9.47 Å². The van der Waals surface area contributed by atoms with Crippen LogP contribution in [0, 0.1) is 5.92 Å². The molecule has 0 unspecified atom stereocenters. The molecule has 0 atom stereocenters. The molecule has 0 aromatic heterocycles. The molecule has 5 heteroatoms. The standard InChI is InChI=1S/C16H33N3O2/c1-17-16(19-11-6-12-21-14-13-20-2)18-10-5-9-15-7-3-4-8-15/h15H,3-14H2,1-2H3,(H2,17,18,19). The van der Waals surface area contributed by atoms with Crippen molar-refractivity contribution in [1.29, 1.82) is 0 Å². The minimum atomic E-state index is 0.664. The van der Waals surface area contributed by atoms with Gasteiger partial charge in [0.25, 0.3) is 0 Å². The van der Waals surface area contributed by atoms with Gasteiger partial charge in [0.15, 0.2) is 5.96 Å². The summed E-state index contributed by atoms with van der Waals surface area (Å²) in [5.41, 5.74) is 0. The molecule has 1 aliphatic rings. The second-order valence-electron chi connectivity index (χ2n) is 5.68. The maximum atomic E-state index is 5.42. The van der Waals surface area contributed by atoms with E-state index in [1.807, 2.05) is 7.05 Å². The zero-order chi connectivity index (χ0) is 15.2. The summed E-state index contributed by atoms with van der Waals surface area (Å²) in [5.74, 6) is 1.88. The van der Waals surface area contributed by atoms with Crippen LogP contribution in [0.2, 0.25) is 0 Å². The van der Waals surface area contributed by atoms with Crippen LogP contribution in [0.15, 0.2) is 4.99 Å². The maximum absolute atomic E-state index is 5.42. The van der Waals surface area contributed by atoms with Crippen LogP contribution in [0.5, 0.6) is 0 Å². The fourth-order valence-corrected chi connectivity index (χ4v) is 2.74. The number of hydrogen-bond donors (Lipinski definition) is 2. The fraction of sp³-hybridized carbons (Fsp3) is 0.938. The zero-order valence-electron chi connectivity index (χ0n) is 13.8. The first-order valence-corrected chi connectivity index (χ1v) is 8.38. The lowest BCUT2D eigenvalue weighted by atomic mass is 10.0. The molecule has 1 fully saturated rings. The van der Waals surface area contributed by atoms with E-state index in [-0.39, 0.29) is 0 Å². The highest BCUT2D eigenvalue weighted by Crippen LogP contribution is 2.28. The van der Waals surface area contributed by atoms with Crippen LogP contribution < -0.4 is 10.6 Å². The first-order valence-electron chi connectivity index (χ1n) is 8.38. The molecule has 21 heavy (non-hydrogen) atoms. The molecule has 0 aliphatic heterocycles. The number of nitrogens with zero attached hydrogens (tertiary/aromatic N) is 1. The summed E-state index contributed by atoms with van der Waals surface area (Å²) in [4.78, 5) is 4.24. The van der Waals surface area contributed by atoms with Crippen molar-refractivity contribution in [3.8, 4) is 0 Å². The van der Waals surface area contributed by atoms with Crippen molar-refractivity contribution in [2.45, 2.75) is 44.9 Å². The topological polar surface area (TPSA) is 54.9 Å². The van der Waals surface area contributed by atoms with Gasteiger partial charge in [-0.3, -0.25) is 4.99 Å². The molecule has 0 amide bonds. The molecule has 5 nitrogen and oxygen atoms in total. The van der Waals surface area contributed by atoms with Crippen molar-refractivity contribution in [1.82, 2.24) is 10.6 Å². The van der Waals surface area contributed by atoms with Gasteiger partial charge in [-0.25, -0.2) is 0 Å². The van der Waals surface area contributed by atoms with E-state index in [0.717, 1.165) is 38.0 Å². The van der Waals surface area contributed by atoms with Crippen LogP contribution in [0.4, 0.5) is 0 Å². The van der Waals surface area contributed by atoms with Crippen molar-refractivity contribution in [2.75, 3.05) is 47.1 Å². The Morgan fingerprint density at radius 2 is 1.76 bits per heavy atom. The molecule has 0 bridgehead atoms. The summed E-state index contributed by atoms with van der Waals surface area (Å²) in [7, 11) is 3.51. The second-order valence-corrected chi connectivity index (χ2v) is 5.68. The van der Waals surface area contributed by atoms with Crippen LogP contribution in [-0.4, -0.2) is 53.0 Å². The first kappa shape index (κ1) is 18.2. The van der Waals surface area contributed by atoms with Crippen molar-refractivity contribution >= 4 is 5.96 Å². The monoisotopic (exact) mass is 299 g/mol. The Morgan fingerprint density at radius 1 is 1.05 bits per heavy atom. The van der Waals surface area contributed by atoms with Crippen LogP contribution in [0.3, 0.4) is 0 Å². The van der Waals surface area contributed by atoms with Gasteiger partial charge in [-0.2, -0.15) is 0 Å². The average molecular weight is 299 g/mol. The summed E-state index contributed by atoms with van der Waals surface area (Å²) < 4.78 is 10.3. The number of hydrogen-bond acceptors (Lipinski definition) is 3. The Bertz CT molecular complexity index is 266. The van der Waals surface area contributed by atoms with E-state index in [9.17, 15) is 0 Å². The van der Waals surface area contributed by atoms with Crippen molar-refractivity contribution in [3.05, 3.63) is 0 Å². The smallest absolute Gasteiger partial charge is 0.190 e. The zero-order valence-corrected chi connectivity index (χ0v) is 13.8. The third-order valence-electron chi connectivity index (χ3n) is 3.97. The van der Waals surface area contributed by atoms with Gasteiger partial charge in [0.2, 0.25) is 0 Å². The second kappa shape index (κ2) is 12.9. The van der Waals surface area contributed by atoms with E-state index in [0.29, 0.717) is 13.2 Å². The predicted octanol–water partition coefficient (Wildman–Crippen LogP) is 2.17. The van der Waals surface area contributed by atoms with Gasteiger partial charge < -0.3 is 20.1 Å². The quantitative estimate of drug-likeness (QED) is 0.349. The van der Waals surface area contributed by atoms with E-state index in [1.165, 1.54) is 38.5 Å². The molecule has 0 spiro atoms. The SMILES string of the molecule is CN=C(NCCCOCCOC)NCCCC1CCCC1. The number of aliphatic imine (C=N–C) groups is 1. The van der Waals surface area contributed by atoms with Crippen LogP contribution >= 0.6 is 0 Å². The molecule has 1 aliphatic carbocycles. The molecule has 0 heterocycles. The largest absolute Gasteiger partial charge is 0.382 e. The lowest BCUT2D eigenvalue weighted by Crippen LogP contribution is -2.38. The average Bonchev–Trinajstić information content (AvgIpc) is 3.01. The van der Waals surface area contributed by atoms with E-state index >= 15 is 0 Å². The molecule has 124 valence electrons. The van der Waals surface area contributed by atoms with Crippen molar-refractivity contribution in [3.63, 3.8) is 0 Å². The maximum Gasteiger partial charge on any atom is 0.190 e. The highest BCUT2D eigenvalue weighted by atomic mass is 16.5. The molecule has 1 rings (SSSR count). The lowest BCUT2D eigenvalue weighted by Gasteiger charge is -2.13. The van der Waals surface area contributed by atoms with Gasteiger partial charge in [-0.15, -0.1) is 0 Å². The van der Waals surface area contributed by atoms with Crippen LogP contribution in [0.1, 0.15) is 44.9 Å². The summed E-state index contributed by atoms with van der Waals surface area (Å²) in [6.45, 7) is 3.99. The summed E-state index contributed by atoms with van der Waals surface area (Å²) in [6.07, 6.45) is 9.34. The number of ether oxygens (including phenoxy) is 2. The Kier molecular flexibility index (Phi) is 11.2. The van der Waals surface area contributed by atoms with Gasteiger partial charge in [0.1, 0.15) is 0 Å². The third kappa shape index (κ3) is 9.69. The molecule has 1 saturated carbocycles. The summed E-state index contributed by atoms with van der Waals surface area (Å²) in [6, 6.07) is 0. The van der Waals surface area contributed by atoms with E-state index in [1.54, 1.807) is 7.11 Å². The van der Waals surface area contributed by atoms with Crippen LogP contribution in [0.25, 0.3) is 0 Å². The molecule has 0 aromatic carbocycles. The Balaban J connectivity index is 1.91. The molecule has 2 N–H and O–H groups in total. The molecular formula is C16H33N3O2. The highest BCUT2D eigenvalue weighted by molar-refractivity contribution is 5.79. The molecule has 0 saturated heterocycles. The van der Waals surface area contributed by atoms with Gasteiger partial charge in [-0.1, -0.05) is 25.7 Å². The van der Waals surface area contributed by atoms with Gasteiger partial charge in [0, 0.05) is 33.9 Å². The lowest BCUT2D eigenvalue weighted by molar-refractivity contribution is 0.0698. The normalized spacial score (nSPS) is 16.4. The summed E-state index contributed by atoms with van der Waals surface area (Å²) >= 11 is 0. The number of methoxy groups -OCH3 is 1. The van der Waals surface area contributed by atoms with Gasteiger partial charge in [0.05, 0.1) is 13.2 Å². The Hall–Kier alpha value is -0.810. The number of nitrogens with one attached hydrogen (secondary N) is 2. The Morgan fingerprint density at radius 3 is 2.43 bits per heavy atom. The van der Waals surface area contributed by atoms with Gasteiger partial charge in [-0.05, 0) is 25.2 Å². The predicted molar refractivity (Wildman–Crippen MR) is 87.9 cm³/mol. The molecule has 0 aromatic rings. The Labute approximate surface area is 129 Å². The minimum absolute atomic E-state index is 0.664. The highest BCUT2D eigenvalue weighted by Gasteiger charge is 2.13. The first-order chi connectivity index (χ1) is 10.4. The number of guanidine groups is 1. The van der Waals surface area contributed by atoms with Gasteiger partial charge >= 0.3 is 0 Å². The van der Waals surface area contributed by atoms with E-state index in [4.69, 9.17) is 9.47 Å². The van der Waals surface area contributed by atoms with E-state index in [2.05, 4.69) is 15.6 Å². The summed E-state index contributed by atoms with van der Waals surface area (Å²) in [5, 5.41) is 6.70. The van der Waals surface area contributed by atoms with E-state index < -0.39 is 0 Å². The molecular weight excluding hydrogens is 266 g/mol.